The van der Waals surface area contributed by atoms with Crippen LogP contribution in [-0.4, -0.2) is 13.6 Å². The number of sulfonamides is 1. The average Bonchev–Trinajstić information content (AvgIpc) is 3.16. The van der Waals surface area contributed by atoms with Gasteiger partial charge in [-0.15, -0.1) is 0 Å². The van der Waals surface area contributed by atoms with E-state index in [1.165, 1.54) is 0 Å². The fraction of sp³-hybridized carbons (Fsp3) is 0.250. The third kappa shape index (κ3) is 4.20. The smallest absolute Gasteiger partial charge is 0.240 e. The van der Waals surface area contributed by atoms with E-state index in [1.807, 2.05) is 42.5 Å². The molecule has 136 valence electrons. The van der Waals surface area contributed by atoms with E-state index in [-0.39, 0.29) is 11.4 Å². The van der Waals surface area contributed by atoms with Crippen molar-refractivity contribution in [2.45, 2.75) is 37.6 Å². The molecule has 5 nitrogen and oxygen atoms in total. The molecule has 0 spiro atoms. The first-order valence-electron chi connectivity index (χ1n) is 8.60. The van der Waals surface area contributed by atoms with Crippen LogP contribution in [0.4, 0.5) is 0 Å². The lowest BCUT2D eigenvalue weighted by Gasteiger charge is -2.10. The topological polar surface area (TPSA) is 72.2 Å². The first-order valence-corrected chi connectivity index (χ1v) is 10.1. The third-order valence-corrected chi connectivity index (χ3v) is 5.85. The minimum Gasteiger partial charge on any atom is -0.356 e. The Morgan fingerprint density at radius 3 is 2.42 bits per heavy atom. The van der Waals surface area contributed by atoms with E-state index in [9.17, 15) is 8.42 Å². The maximum Gasteiger partial charge on any atom is 0.240 e. The number of aromatic nitrogens is 1. The molecule has 26 heavy (non-hydrogen) atoms. The number of benzene rings is 2. The molecule has 0 amide bonds. The Kier molecular flexibility index (Phi) is 5.54. The highest BCUT2D eigenvalue weighted by molar-refractivity contribution is 7.89. The Morgan fingerprint density at radius 1 is 1.08 bits per heavy atom. The molecule has 3 rings (SSSR count). The van der Waals surface area contributed by atoms with Gasteiger partial charge in [0.15, 0.2) is 5.76 Å². The van der Waals surface area contributed by atoms with E-state index in [4.69, 9.17) is 4.52 Å². The second-order valence-corrected chi connectivity index (χ2v) is 8.02. The number of nitrogens with one attached hydrogen (secondary N) is 1. The molecule has 2 aromatic carbocycles. The summed E-state index contributed by atoms with van der Waals surface area (Å²) >= 11 is 0. The summed E-state index contributed by atoms with van der Waals surface area (Å²) in [6, 6.07) is 18.3. The van der Waals surface area contributed by atoms with Crippen molar-refractivity contribution < 1.29 is 12.9 Å². The van der Waals surface area contributed by atoms with Crippen LogP contribution in [0.5, 0.6) is 0 Å². The lowest BCUT2D eigenvalue weighted by atomic mass is 9.99. The van der Waals surface area contributed by atoms with E-state index >= 15 is 0 Å². The summed E-state index contributed by atoms with van der Waals surface area (Å²) in [7, 11) is -3.59. The molecule has 1 aromatic heterocycles. The highest BCUT2D eigenvalue weighted by Crippen LogP contribution is 2.22. The molecular formula is C20H22N2O3S. The van der Waals surface area contributed by atoms with Gasteiger partial charge in [-0.2, -0.15) is 0 Å². The number of hydrogen-bond acceptors (Lipinski definition) is 4. The second kappa shape index (κ2) is 7.85. The molecule has 0 radical (unpaired) electrons. The molecule has 1 atom stereocenters. The van der Waals surface area contributed by atoms with Crippen molar-refractivity contribution in [2.75, 3.05) is 0 Å². The Balaban J connectivity index is 1.68. The summed E-state index contributed by atoms with van der Waals surface area (Å²) in [5.74, 6) is 1.02. The minimum atomic E-state index is -3.59. The molecule has 6 heteroatoms. The fourth-order valence-electron chi connectivity index (χ4n) is 2.60. The van der Waals surface area contributed by atoms with Crippen molar-refractivity contribution in [3.63, 3.8) is 0 Å². The van der Waals surface area contributed by atoms with Crippen LogP contribution in [0.2, 0.25) is 0 Å². The van der Waals surface area contributed by atoms with Crippen LogP contribution in [0.25, 0.3) is 11.3 Å². The van der Waals surface area contributed by atoms with Gasteiger partial charge in [-0.25, -0.2) is 13.1 Å². The lowest BCUT2D eigenvalue weighted by molar-refractivity contribution is 0.422. The normalized spacial score (nSPS) is 12.8. The Labute approximate surface area is 154 Å². The zero-order valence-electron chi connectivity index (χ0n) is 14.8. The zero-order valence-corrected chi connectivity index (χ0v) is 15.7. The summed E-state index contributed by atoms with van der Waals surface area (Å²) < 4.78 is 32.8. The summed E-state index contributed by atoms with van der Waals surface area (Å²) in [5.41, 5.74) is 2.56. The van der Waals surface area contributed by atoms with Crippen molar-refractivity contribution in [2.24, 2.45) is 0 Å². The highest BCUT2D eigenvalue weighted by Gasteiger charge is 2.16. The number of rotatable bonds is 7. The number of nitrogens with zero attached hydrogens (tertiary/aromatic N) is 1. The van der Waals surface area contributed by atoms with Crippen LogP contribution in [0, 0.1) is 0 Å². The molecule has 0 unspecified atom stereocenters. The van der Waals surface area contributed by atoms with Crippen molar-refractivity contribution in [1.82, 2.24) is 9.88 Å². The molecular weight excluding hydrogens is 348 g/mol. The van der Waals surface area contributed by atoms with Gasteiger partial charge in [0.25, 0.3) is 0 Å². The van der Waals surface area contributed by atoms with E-state index in [0.29, 0.717) is 17.4 Å². The van der Waals surface area contributed by atoms with Gasteiger partial charge < -0.3 is 4.52 Å². The van der Waals surface area contributed by atoms with Crippen LogP contribution in [0.3, 0.4) is 0 Å². The monoisotopic (exact) mass is 370 g/mol. The predicted octanol–water partition coefficient (Wildman–Crippen LogP) is 4.33. The van der Waals surface area contributed by atoms with Crippen LogP contribution in [0.15, 0.2) is 70.1 Å². The predicted molar refractivity (Wildman–Crippen MR) is 101 cm³/mol. The quantitative estimate of drug-likeness (QED) is 0.672. The number of hydrogen-bond donors (Lipinski definition) is 1. The second-order valence-electron chi connectivity index (χ2n) is 6.25. The van der Waals surface area contributed by atoms with Crippen LogP contribution >= 0.6 is 0 Å². The summed E-state index contributed by atoms with van der Waals surface area (Å²) in [6.45, 7) is 4.31. The van der Waals surface area contributed by atoms with E-state index in [2.05, 4.69) is 23.7 Å². The molecule has 0 saturated carbocycles. The summed E-state index contributed by atoms with van der Waals surface area (Å²) in [5, 5.41) is 3.94. The molecule has 1 heterocycles. The van der Waals surface area contributed by atoms with Crippen LogP contribution in [0.1, 0.15) is 37.4 Å². The van der Waals surface area contributed by atoms with Gasteiger partial charge in [-0.05, 0) is 30.0 Å². The average molecular weight is 370 g/mol. The van der Waals surface area contributed by atoms with Crippen molar-refractivity contribution >= 4 is 10.0 Å². The summed E-state index contributed by atoms with van der Waals surface area (Å²) in [4.78, 5) is 0.247. The molecule has 0 saturated heterocycles. The van der Waals surface area contributed by atoms with Gasteiger partial charge >= 0.3 is 0 Å². The Morgan fingerprint density at radius 2 is 1.77 bits per heavy atom. The molecule has 0 fully saturated rings. The van der Waals surface area contributed by atoms with E-state index in [1.54, 1.807) is 18.2 Å². The first-order chi connectivity index (χ1) is 12.5. The Hall–Kier alpha value is -2.44. The third-order valence-electron chi connectivity index (χ3n) is 4.43. The van der Waals surface area contributed by atoms with Crippen LogP contribution in [-0.2, 0) is 16.6 Å². The maximum absolute atomic E-state index is 12.5. The van der Waals surface area contributed by atoms with E-state index in [0.717, 1.165) is 17.5 Å². The van der Waals surface area contributed by atoms with Crippen molar-refractivity contribution in [3.05, 3.63) is 71.9 Å². The highest BCUT2D eigenvalue weighted by atomic mass is 32.2. The maximum atomic E-state index is 12.5. The SMILES string of the molecule is CC[C@@H](C)c1ccc(S(=O)(=O)NCc2cc(-c3ccccc3)on2)cc1. The van der Waals surface area contributed by atoms with Crippen molar-refractivity contribution in [3.8, 4) is 11.3 Å². The first kappa shape index (κ1) is 18.4. The largest absolute Gasteiger partial charge is 0.356 e. The van der Waals surface area contributed by atoms with Gasteiger partial charge in [-0.3, -0.25) is 0 Å². The van der Waals surface area contributed by atoms with E-state index < -0.39 is 10.0 Å². The van der Waals surface area contributed by atoms with Gasteiger partial charge in [0.1, 0.15) is 0 Å². The summed E-state index contributed by atoms with van der Waals surface area (Å²) in [6.07, 6.45) is 1.01. The fourth-order valence-corrected chi connectivity index (χ4v) is 3.60. The Bertz CT molecular complexity index is 948. The molecule has 0 aliphatic heterocycles. The van der Waals surface area contributed by atoms with Crippen LogP contribution < -0.4 is 4.72 Å². The van der Waals surface area contributed by atoms with Crippen molar-refractivity contribution in [1.29, 1.82) is 0 Å². The molecule has 0 aliphatic rings. The molecule has 0 bridgehead atoms. The minimum absolute atomic E-state index is 0.0752. The van der Waals surface area contributed by atoms with Gasteiger partial charge in [0.05, 0.1) is 17.1 Å². The lowest BCUT2D eigenvalue weighted by Crippen LogP contribution is -2.23. The molecule has 3 aromatic rings. The molecule has 0 aliphatic carbocycles. The molecule has 1 N–H and O–H groups in total. The zero-order chi connectivity index (χ0) is 18.6. The van der Waals surface area contributed by atoms with Gasteiger partial charge in [-0.1, -0.05) is 61.5 Å². The standard InChI is InChI=1S/C20H22N2O3S/c1-3-15(2)16-9-11-19(12-10-16)26(23,24)21-14-18-13-20(25-22-18)17-7-5-4-6-8-17/h4-13,15,21H,3,14H2,1-2H3/t15-/m1/s1. The van der Waals surface area contributed by atoms with Gasteiger partial charge in [0, 0.05) is 11.6 Å². The van der Waals surface area contributed by atoms with Gasteiger partial charge in [0.2, 0.25) is 10.0 Å².